The molecule has 0 atom stereocenters. The van der Waals surface area contributed by atoms with Crippen LogP contribution in [0.2, 0.25) is 5.22 Å². The van der Waals surface area contributed by atoms with Crippen molar-refractivity contribution in [2.75, 3.05) is 5.32 Å². The molecule has 2 aromatic heterocycles. The molecule has 0 spiro atoms. The number of carbonyl (C=O) groups excluding carboxylic acids is 1. The Morgan fingerprint density at radius 2 is 2.00 bits per heavy atom. The molecule has 0 aliphatic rings. The molecule has 0 aromatic carbocycles. The van der Waals surface area contributed by atoms with E-state index in [1.165, 1.54) is 12.1 Å². The Morgan fingerprint density at radius 3 is 2.58 bits per heavy atom. The minimum Gasteiger partial charge on any atom is -0.440 e. The summed E-state index contributed by atoms with van der Waals surface area (Å²) in [5, 5.41) is 10.6. The Bertz CT molecular complexity index is 597. The fourth-order valence-electron chi connectivity index (χ4n) is 1.59. The third-order valence-electron chi connectivity index (χ3n) is 2.53. The van der Waals surface area contributed by atoms with Crippen molar-refractivity contribution in [1.82, 2.24) is 15.2 Å². The van der Waals surface area contributed by atoms with E-state index in [1.54, 1.807) is 0 Å². The van der Waals surface area contributed by atoms with E-state index in [4.69, 9.17) is 16.0 Å². The standard InChI is InChI=1S/C12H13ClN4O2/c1-3-7-8(4-2)16-17-12(14-7)15-11(18)9-5-6-10(13)19-9/h5-6H,3-4H2,1-2H3,(H,14,15,17,18). The van der Waals surface area contributed by atoms with Crippen molar-refractivity contribution >= 4 is 23.5 Å². The average Bonchev–Trinajstić information content (AvgIpc) is 2.85. The van der Waals surface area contributed by atoms with Crippen LogP contribution in [0, 0.1) is 0 Å². The smallest absolute Gasteiger partial charge is 0.293 e. The summed E-state index contributed by atoms with van der Waals surface area (Å²) in [5.41, 5.74) is 1.66. The van der Waals surface area contributed by atoms with Crippen molar-refractivity contribution in [3.8, 4) is 0 Å². The van der Waals surface area contributed by atoms with Crippen LogP contribution < -0.4 is 5.32 Å². The summed E-state index contributed by atoms with van der Waals surface area (Å²) in [6.07, 6.45) is 1.49. The molecule has 2 heterocycles. The average molecular weight is 281 g/mol. The van der Waals surface area contributed by atoms with E-state index in [9.17, 15) is 4.79 Å². The number of rotatable bonds is 4. The molecule has 0 saturated carbocycles. The van der Waals surface area contributed by atoms with Gasteiger partial charge in [0.2, 0.25) is 5.95 Å². The Hall–Kier alpha value is -1.95. The first kappa shape index (κ1) is 13.5. The third-order valence-corrected chi connectivity index (χ3v) is 2.73. The highest BCUT2D eigenvalue weighted by Crippen LogP contribution is 2.14. The number of carbonyl (C=O) groups is 1. The highest BCUT2D eigenvalue weighted by atomic mass is 35.5. The first-order valence-electron chi connectivity index (χ1n) is 5.93. The van der Waals surface area contributed by atoms with Crippen molar-refractivity contribution in [3.05, 3.63) is 34.5 Å². The van der Waals surface area contributed by atoms with Crippen LogP contribution in [0.25, 0.3) is 0 Å². The van der Waals surface area contributed by atoms with Gasteiger partial charge in [-0.2, -0.15) is 0 Å². The van der Waals surface area contributed by atoms with Crippen LogP contribution in [-0.4, -0.2) is 21.1 Å². The van der Waals surface area contributed by atoms with Crippen LogP contribution in [0.4, 0.5) is 5.95 Å². The number of hydrogen-bond donors (Lipinski definition) is 1. The molecule has 100 valence electrons. The number of aromatic nitrogens is 3. The number of furan rings is 1. The van der Waals surface area contributed by atoms with E-state index >= 15 is 0 Å². The lowest BCUT2D eigenvalue weighted by Crippen LogP contribution is -2.15. The molecular formula is C12H13ClN4O2. The monoisotopic (exact) mass is 280 g/mol. The maximum Gasteiger partial charge on any atom is 0.293 e. The number of hydrogen-bond acceptors (Lipinski definition) is 5. The van der Waals surface area contributed by atoms with Crippen molar-refractivity contribution in [2.24, 2.45) is 0 Å². The van der Waals surface area contributed by atoms with Crippen molar-refractivity contribution in [3.63, 3.8) is 0 Å². The first-order valence-corrected chi connectivity index (χ1v) is 6.31. The molecular weight excluding hydrogens is 268 g/mol. The van der Waals surface area contributed by atoms with Gasteiger partial charge in [0.25, 0.3) is 5.91 Å². The van der Waals surface area contributed by atoms with E-state index < -0.39 is 5.91 Å². The fourth-order valence-corrected chi connectivity index (χ4v) is 1.74. The summed E-state index contributed by atoms with van der Waals surface area (Å²) < 4.78 is 5.00. The van der Waals surface area contributed by atoms with Crippen LogP contribution in [0.1, 0.15) is 35.8 Å². The van der Waals surface area contributed by atoms with Crippen LogP contribution >= 0.6 is 11.6 Å². The molecule has 0 aliphatic heterocycles. The molecule has 6 nitrogen and oxygen atoms in total. The molecule has 0 unspecified atom stereocenters. The lowest BCUT2D eigenvalue weighted by atomic mass is 10.2. The van der Waals surface area contributed by atoms with Gasteiger partial charge >= 0.3 is 0 Å². The number of nitrogens with zero attached hydrogens (tertiary/aromatic N) is 3. The van der Waals surface area contributed by atoms with Gasteiger partial charge in [0.15, 0.2) is 11.0 Å². The van der Waals surface area contributed by atoms with Crippen LogP contribution in [0.5, 0.6) is 0 Å². The second-order valence-electron chi connectivity index (χ2n) is 3.79. The molecule has 2 aromatic rings. The maximum absolute atomic E-state index is 11.8. The first-order chi connectivity index (χ1) is 9.13. The van der Waals surface area contributed by atoms with Gasteiger partial charge in [-0.15, -0.1) is 10.2 Å². The topological polar surface area (TPSA) is 80.9 Å². The van der Waals surface area contributed by atoms with Gasteiger partial charge < -0.3 is 4.42 Å². The van der Waals surface area contributed by atoms with Crippen LogP contribution in [0.3, 0.4) is 0 Å². The normalized spacial score (nSPS) is 10.5. The summed E-state index contributed by atoms with van der Waals surface area (Å²) in [6.45, 7) is 3.95. The second kappa shape index (κ2) is 5.79. The van der Waals surface area contributed by atoms with Crippen molar-refractivity contribution in [1.29, 1.82) is 0 Å². The zero-order valence-corrected chi connectivity index (χ0v) is 11.4. The van der Waals surface area contributed by atoms with E-state index in [2.05, 4.69) is 20.5 Å². The predicted molar refractivity (Wildman–Crippen MR) is 70.3 cm³/mol. The van der Waals surface area contributed by atoms with Crippen molar-refractivity contribution < 1.29 is 9.21 Å². The molecule has 7 heteroatoms. The van der Waals surface area contributed by atoms with Crippen LogP contribution in [0.15, 0.2) is 16.5 Å². The van der Waals surface area contributed by atoms with Crippen LogP contribution in [-0.2, 0) is 12.8 Å². The zero-order valence-electron chi connectivity index (χ0n) is 10.6. The van der Waals surface area contributed by atoms with E-state index in [0.717, 1.165) is 24.2 Å². The number of halogens is 1. The molecule has 0 saturated heterocycles. The second-order valence-corrected chi connectivity index (χ2v) is 4.17. The number of anilines is 1. The van der Waals surface area contributed by atoms with E-state index in [-0.39, 0.29) is 16.9 Å². The fraction of sp³-hybridized carbons (Fsp3) is 0.333. The Balaban J connectivity index is 2.17. The minimum absolute atomic E-state index is 0.103. The summed E-state index contributed by atoms with van der Waals surface area (Å²) in [7, 11) is 0. The third kappa shape index (κ3) is 3.08. The summed E-state index contributed by atoms with van der Waals surface area (Å²) in [5.74, 6) is -0.196. The molecule has 0 radical (unpaired) electrons. The SMILES string of the molecule is CCc1nnc(NC(=O)c2ccc(Cl)o2)nc1CC. The Morgan fingerprint density at radius 1 is 1.26 bits per heavy atom. The minimum atomic E-state index is -0.458. The highest BCUT2D eigenvalue weighted by Gasteiger charge is 2.13. The molecule has 1 N–H and O–H groups in total. The lowest BCUT2D eigenvalue weighted by Gasteiger charge is -2.05. The number of amides is 1. The Labute approximate surface area is 115 Å². The zero-order chi connectivity index (χ0) is 13.8. The van der Waals surface area contributed by atoms with Gasteiger partial charge in [-0.25, -0.2) is 4.98 Å². The maximum atomic E-state index is 11.8. The van der Waals surface area contributed by atoms with Gasteiger partial charge in [0.05, 0.1) is 11.4 Å². The molecule has 1 amide bonds. The van der Waals surface area contributed by atoms with Crippen molar-refractivity contribution in [2.45, 2.75) is 26.7 Å². The summed E-state index contributed by atoms with van der Waals surface area (Å²) in [6, 6.07) is 2.97. The number of nitrogens with one attached hydrogen (secondary N) is 1. The highest BCUT2D eigenvalue weighted by molar-refractivity contribution is 6.29. The molecule has 2 rings (SSSR count). The van der Waals surface area contributed by atoms with Gasteiger partial charge in [0, 0.05) is 0 Å². The van der Waals surface area contributed by atoms with Gasteiger partial charge in [-0.05, 0) is 36.6 Å². The van der Waals surface area contributed by atoms with Gasteiger partial charge in [-0.3, -0.25) is 10.1 Å². The quantitative estimate of drug-likeness (QED) is 0.930. The predicted octanol–water partition coefficient (Wildman–Crippen LogP) is 2.50. The Kier molecular flexibility index (Phi) is 4.11. The van der Waals surface area contributed by atoms with Gasteiger partial charge in [0.1, 0.15) is 0 Å². The largest absolute Gasteiger partial charge is 0.440 e. The molecule has 0 bridgehead atoms. The van der Waals surface area contributed by atoms with E-state index in [1.807, 2.05) is 13.8 Å². The molecule has 19 heavy (non-hydrogen) atoms. The van der Waals surface area contributed by atoms with Gasteiger partial charge in [-0.1, -0.05) is 13.8 Å². The lowest BCUT2D eigenvalue weighted by molar-refractivity contribution is 0.0995. The summed E-state index contributed by atoms with van der Waals surface area (Å²) in [4.78, 5) is 16.1. The molecule has 0 fully saturated rings. The van der Waals surface area contributed by atoms with E-state index in [0.29, 0.717) is 0 Å². The summed E-state index contributed by atoms with van der Waals surface area (Å²) >= 11 is 5.60. The number of aryl methyl sites for hydroxylation is 2. The molecule has 0 aliphatic carbocycles.